The normalized spacial score (nSPS) is 11.3. The van der Waals surface area contributed by atoms with E-state index in [4.69, 9.17) is 9.47 Å². The van der Waals surface area contributed by atoms with Crippen molar-refractivity contribution in [2.75, 3.05) is 13.2 Å². The Morgan fingerprint density at radius 2 is 1.50 bits per heavy atom. The van der Waals surface area contributed by atoms with Crippen LogP contribution >= 0.6 is 0 Å². The topological polar surface area (TPSA) is 72.8 Å². The van der Waals surface area contributed by atoms with E-state index in [9.17, 15) is 14.7 Å². The van der Waals surface area contributed by atoms with Gasteiger partial charge in [-0.25, -0.2) is 0 Å². The summed E-state index contributed by atoms with van der Waals surface area (Å²) in [4.78, 5) is 23.2. The van der Waals surface area contributed by atoms with E-state index >= 15 is 0 Å². The van der Waals surface area contributed by atoms with Crippen molar-refractivity contribution in [3.05, 3.63) is 29.8 Å². The predicted octanol–water partition coefficient (Wildman–Crippen LogP) is 3.43. The molecule has 0 radical (unpaired) electrons. The molecule has 0 aromatic heterocycles. The van der Waals surface area contributed by atoms with Crippen LogP contribution in [0.15, 0.2) is 24.3 Å². The van der Waals surface area contributed by atoms with Crippen LogP contribution < -0.4 is 4.74 Å². The van der Waals surface area contributed by atoms with Crippen molar-refractivity contribution in [2.24, 2.45) is 0 Å². The van der Waals surface area contributed by atoms with Crippen molar-refractivity contribution in [3.63, 3.8) is 0 Å². The van der Waals surface area contributed by atoms with E-state index in [2.05, 4.69) is 0 Å². The molecule has 1 rings (SSSR count). The first-order valence-electron chi connectivity index (χ1n) is 8.19. The summed E-state index contributed by atoms with van der Waals surface area (Å²) >= 11 is 0. The average molecular weight is 338 g/mol. The number of Topliss-reactive ketones (excluding diaryl/α,β-unsaturated/α-hetero) is 2. The summed E-state index contributed by atoms with van der Waals surface area (Å²) in [7, 11) is 0. The summed E-state index contributed by atoms with van der Waals surface area (Å²) < 4.78 is 10.9. The van der Waals surface area contributed by atoms with Crippen molar-refractivity contribution in [2.45, 2.75) is 59.7 Å². The molecule has 0 unspecified atom stereocenters. The Kier molecular flexibility index (Phi) is 8.86. The number of ketones is 2. The zero-order valence-electron chi connectivity index (χ0n) is 15.8. The van der Waals surface area contributed by atoms with E-state index < -0.39 is 11.2 Å². The maximum Gasteiger partial charge on any atom is 0.193 e. The van der Waals surface area contributed by atoms with Crippen molar-refractivity contribution in [1.29, 1.82) is 0 Å². The lowest BCUT2D eigenvalue weighted by Crippen LogP contribution is -2.34. The van der Waals surface area contributed by atoms with E-state index in [1.165, 1.54) is 20.8 Å². The molecule has 0 atom stereocenters. The van der Waals surface area contributed by atoms with Gasteiger partial charge in [0.1, 0.15) is 23.6 Å². The van der Waals surface area contributed by atoms with Gasteiger partial charge < -0.3 is 14.6 Å². The van der Waals surface area contributed by atoms with Crippen LogP contribution in [0, 0.1) is 0 Å². The van der Waals surface area contributed by atoms with Gasteiger partial charge in [-0.3, -0.25) is 9.59 Å². The highest BCUT2D eigenvalue weighted by atomic mass is 16.5. The van der Waals surface area contributed by atoms with Gasteiger partial charge in [-0.2, -0.15) is 0 Å². The fourth-order valence-corrected chi connectivity index (χ4v) is 1.61. The lowest BCUT2D eigenvalue weighted by Gasteiger charge is -2.22. The monoisotopic (exact) mass is 338 g/mol. The number of carbonyl (C=O) groups excluding carboxylic acids is 2. The summed E-state index contributed by atoms with van der Waals surface area (Å²) in [5.74, 6) is 0.212. The van der Waals surface area contributed by atoms with Gasteiger partial charge >= 0.3 is 0 Å². The standard InChI is InChI=1S/C17H24O5.C2H6/c1-12(18)17(4,5)22-11-10-21-14-8-6-13(7-9-14)15(19)16(2,3)20;1-2/h6-9,20H,10-11H2,1-5H3;1-2H3. The van der Waals surface area contributed by atoms with Gasteiger partial charge in [0.15, 0.2) is 11.6 Å². The molecule has 0 fully saturated rings. The summed E-state index contributed by atoms with van der Waals surface area (Å²) in [6, 6.07) is 6.54. The van der Waals surface area contributed by atoms with Gasteiger partial charge in [-0.1, -0.05) is 13.8 Å². The van der Waals surface area contributed by atoms with Gasteiger partial charge in [0.25, 0.3) is 0 Å². The first-order valence-corrected chi connectivity index (χ1v) is 8.19. The van der Waals surface area contributed by atoms with Gasteiger partial charge in [0.2, 0.25) is 0 Å². The second-order valence-electron chi connectivity index (χ2n) is 6.18. The van der Waals surface area contributed by atoms with Gasteiger partial charge in [-0.05, 0) is 58.9 Å². The highest BCUT2D eigenvalue weighted by molar-refractivity contribution is 6.01. The molecule has 0 amide bonds. The summed E-state index contributed by atoms with van der Waals surface area (Å²) in [6.07, 6.45) is 0. The molecule has 0 aliphatic heterocycles. The van der Waals surface area contributed by atoms with Crippen molar-refractivity contribution in [3.8, 4) is 5.75 Å². The number of benzene rings is 1. The van der Waals surface area contributed by atoms with Crippen molar-refractivity contribution in [1.82, 2.24) is 0 Å². The maximum atomic E-state index is 11.9. The zero-order valence-corrected chi connectivity index (χ0v) is 15.8. The minimum atomic E-state index is -1.39. The smallest absolute Gasteiger partial charge is 0.193 e. The Morgan fingerprint density at radius 1 is 1.00 bits per heavy atom. The van der Waals surface area contributed by atoms with Gasteiger partial charge in [-0.15, -0.1) is 0 Å². The third-order valence-electron chi connectivity index (χ3n) is 3.33. The second kappa shape index (κ2) is 9.55. The van der Waals surface area contributed by atoms with Crippen LogP contribution in [-0.4, -0.2) is 41.1 Å². The third kappa shape index (κ3) is 7.23. The number of rotatable bonds is 8. The van der Waals surface area contributed by atoms with E-state index in [1.807, 2.05) is 13.8 Å². The van der Waals surface area contributed by atoms with Crippen LogP contribution in [0.5, 0.6) is 5.75 Å². The van der Waals surface area contributed by atoms with Crippen LogP contribution in [-0.2, 0) is 9.53 Å². The molecule has 136 valence electrons. The molecular formula is C19H30O5. The average Bonchev–Trinajstić information content (AvgIpc) is 2.52. The van der Waals surface area contributed by atoms with Crippen LogP contribution in [0.25, 0.3) is 0 Å². The quantitative estimate of drug-likeness (QED) is 0.581. The minimum absolute atomic E-state index is 0.0398. The van der Waals surface area contributed by atoms with Gasteiger partial charge in [0, 0.05) is 5.56 Å². The fraction of sp³-hybridized carbons (Fsp3) is 0.579. The molecular weight excluding hydrogens is 308 g/mol. The first-order chi connectivity index (χ1) is 11.0. The van der Waals surface area contributed by atoms with E-state index in [0.29, 0.717) is 17.9 Å². The predicted molar refractivity (Wildman–Crippen MR) is 94.6 cm³/mol. The third-order valence-corrected chi connectivity index (χ3v) is 3.33. The van der Waals surface area contributed by atoms with E-state index in [-0.39, 0.29) is 18.2 Å². The highest BCUT2D eigenvalue weighted by Crippen LogP contribution is 2.17. The lowest BCUT2D eigenvalue weighted by molar-refractivity contribution is -0.138. The Labute approximate surface area is 145 Å². The maximum absolute atomic E-state index is 11.9. The molecule has 24 heavy (non-hydrogen) atoms. The summed E-state index contributed by atoms with van der Waals surface area (Å²) in [6.45, 7) is 12.4. The lowest BCUT2D eigenvalue weighted by atomic mass is 9.97. The molecule has 1 N–H and O–H groups in total. The fourth-order valence-electron chi connectivity index (χ4n) is 1.61. The molecule has 0 aliphatic carbocycles. The van der Waals surface area contributed by atoms with E-state index in [0.717, 1.165) is 0 Å². The molecule has 0 heterocycles. The second-order valence-corrected chi connectivity index (χ2v) is 6.18. The number of ether oxygens (including phenoxy) is 2. The van der Waals surface area contributed by atoms with Crippen LogP contribution in [0.1, 0.15) is 58.8 Å². The first kappa shape index (κ1) is 22.3. The largest absolute Gasteiger partial charge is 0.491 e. The molecule has 1 aromatic carbocycles. The number of carbonyl (C=O) groups is 2. The zero-order chi connectivity index (χ0) is 19.0. The van der Waals surface area contributed by atoms with Crippen LogP contribution in [0.2, 0.25) is 0 Å². The molecule has 0 saturated heterocycles. The Hall–Kier alpha value is -1.72. The summed E-state index contributed by atoms with van der Waals surface area (Å²) in [5.41, 5.74) is -1.78. The van der Waals surface area contributed by atoms with Crippen LogP contribution in [0.4, 0.5) is 0 Å². The van der Waals surface area contributed by atoms with Crippen molar-refractivity contribution < 1.29 is 24.2 Å². The molecule has 5 heteroatoms. The van der Waals surface area contributed by atoms with Crippen molar-refractivity contribution >= 4 is 11.6 Å². The number of hydrogen-bond acceptors (Lipinski definition) is 5. The Bertz CT molecular complexity index is 524. The Morgan fingerprint density at radius 3 is 1.92 bits per heavy atom. The molecule has 0 spiro atoms. The summed E-state index contributed by atoms with van der Waals surface area (Å²) in [5, 5.41) is 9.68. The minimum Gasteiger partial charge on any atom is -0.491 e. The number of hydrogen-bond donors (Lipinski definition) is 1. The SMILES string of the molecule is CC.CC(=O)C(C)(C)OCCOc1ccc(C(=O)C(C)(C)O)cc1. The Balaban J connectivity index is 0.00000254. The molecule has 0 saturated carbocycles. The number of aliphatic hydroxyl groups is 1. The van der Waals surface area contributed by atoms with Crippen LogP contribution in [0.3, 0.4) is 0 Å². The highest BCUT2D eigenvalue weighted by Gasteiger charge is 2.25. The molecule has 1 aromatic rings. The molecule has 5 nitrogen and oxygen atoms in total. The molecule has 0 aliphatic rings. The van der Waals surface area contributed by atoms with E-state index in [1.54, 1.807) is 38.1 Å². The molecule has 0 bridgehead atoms. The van der Waals surface area contributed by atoms with Gasteiger partial charge in [0.05, 0.1) is 6.61 Å².